The molecule has 1 atom stereocenters. The zero-order chi connectivity index (χ0) is 8.27. The number of nitrogens with one attached hydrogen (secondary N) is 1. The highest BCUT2D eigenvalue weighted by atomic mass is 16.3. The molecule has 1 heterocycles. The predicted octanol–water partition coefficient (Wildman–Crippen LogP) is 0.600. The van der Waals surface area contributed by atoms with Crippen LogP contribution in [0.4, 0.5) is 0 Å². The van der Waals surface area contributed by atoms with Crippen molar-refractivity contribution in [3.63, 3.8) is 0 Å². The largest absolute Gasteiger partial charge is 0.374 e. The Morgan fingerprint density at radius 2 is 2.36 bits per heavy atom. The van der Waals surface area contributed by atoms with E-state index < -0.39 is 6.23 Å². The van der Waals surface area contributed by atoms with Gasteiger partial charge in [-0.05, 0) is 20.0 Å². The molecule has 0 amide bonds. The minimum atomic E-state index is -0.608. The summed E-state index contributed by atoms with van der Waals surface area (Å²) in [6.07, 6.45) is 1.10. The molecule has 0 radical (unpaired) electrons. The topological polar surface area (TPSA) is 45.1 Å². The third-order valence-corrected chi connectivity index (χ3v) is 1.62. The second kappa shape index (κ2) is 3.46. The van der Waals surface area contributed by atoms with E-state index in [-0.39, 0.29) is 0 Å². The van der Waals surface area contributed by atoms with Crippen molar-refractivity contribution in [1.29, 1.82) is 0 Å². The van der Waals surface area contributed by atoms with Crippen LogP contribution < -0.4 is 5.32 Å². The highest BCUT2D eigenvalue weighted by Gasteiger charge is 2.06. The fourth-order valence-electron chi connectivity index (χ4n) is 0.941. The normalized spacial score (nSPS) is 13.0. The average molecular weight is 152 g/mol. The van der Waals surface area contributed by atoms with E-state index in [0.717, 1.165) is 11.3 Å². The van der Waals surface area contributed by atoms with Crippen LogP contribution in [0.15, 0.2) is 18.3 Å². The lowest BCUT2D eigenvalue weighted by atomic mass is 10.2. The van der Waals surface area contributed by atoms with E-state index >= 15 is 0 Å². The van der Waals surface area contributed by atoms with Crippen molar-refractivity contribution in [2.75, 3.05) is 7.05 Å². The van der Waals surface area contributed by atoms with Crippen molar-refractivity contribution < 1.29 is 5.11 Å². The lowest BCUT2D eigenvalue weighted by molar-refractivity contribution is 0.148. The van der Waals surface area contributed by atoms with Crippen LogP contribution in [0.5, 0.6) is 0 Å². The highest BCUT2D eigenvalue weighted by molar-refractivity contribution is 5.20. The van der Waals surface area contributed by atoms with Crippen LogP contribution in [0.25, 0.3) is 0 Å². The number of hydrogen-bond acceptors (Lipinski definition) is 3. The monoisotopic (exact) mass is 152 g/mol. The van der Waals surface area contributed by atoms with Crippen molar-refractivity contribution in [3.8, 4) is 0 Å². The first-order valence-corrected chi connectivity index (χ1v) is 3.52. The van der Waals surface area contributed by atoms with Gasteiger partial charge in [0, 0.05) is 17.5 Å². The molecule has 0 spiro atoms. The maximum Gasteiger partial charge on any atom is 0.132 e. The lowest BCUT2D eigenvalue weighted by Gasteiger charge is -2.10. The standard InChI is InChI=1S/C8H12N2O/c1-6-7(8(11)9-2)4-3-5-10-6/h3-5,8-9,11H,1-2H3. The summed E-state index contributed by atoms with van der Waals surface area (Å²) < 4.78 is 0. The molecule has 0 saturated carbocycles. The second-order valence-electron chi connectivity index (χ2n) is 2.37. The van der Waals surface area contributed by atoms with Crippen LogP contribution in [-0.4, -0.2) is 17.1 Å². The van der Waals surface area contributed by atoms with E-state index in [4.69, 9.17) is 0 Å². The third-order valence-electron chi connectivity index (χ3n) is 1.62. The number of aromatic nitrogens is 1. The van der Waals surface area contributed by atoms with E-state index in [0.29, 0.717) is 0 Å². The minimum Gasteiger partial charge on any atom is -0.374 e. The van der Waals surface area contributed by atoms with Gasteiger partial charge in [0.1, 0.15) is 6.23 Å². The van der Waals surface area contributed by atoms with E-state index in [1.54, 1.807) is 13.2 Å². The molecular weight excluding hydrogens is 140 g/mol. The molecule has 0 fully saturated rings. The Morgan fingerprint density at radius 3 is 2.91 bits per heavy atom. The molecular formula is C8H12N2O. The van der Waals surface area contributed by atoms with Crippen LogP contribution in [-0.2, 0) is 0 Å². The first kappa shape index (κ1) is 8.17. The molecule has 3 heteroatoms. The Labute approximate surface area is 66.1 Å². The summed E-state index contributed by atoms with van der Waals surface area (Å²) in [6, 6.07) is 3.66. The van der Waals surface area contributed by atoms with Crippen molar-refractivity contribution in [2.24, 2.45) is 0 Å². The predicted molar refractivity (Wildman–Crippen MR) is 43.0 cm³/mol. The molecule has 1 rings (SSSR count). The van der Waals surface area contributed by atoms with E-state index in [2.05, 4.69) is 10.3 Å². The zero-order valence-corrected chi connectivity index (χ0v) is 6.70. The van der Waals surface area contributed by atoms with Gasteiger partial charge in [0.15, 0.2) is 0 Å². The molecule has 1 aromatic rings. The van der Waals surface area contributed by atoms with E-state index in [1.165, 1.54) is 0 Å². The quantitative estimate of drug-likeness (QED) is 0.610. The van der Waals surface area contributed by atoms with Gasteiger partial charge in [0.25, 0.3) is 0 Å². The number of aliphatic hydroxyl groups is 1. The number of rotatable bonds is 2. The van der Waals surface area contributed by atoms with Crippen LogP contribution >= 0.6 is 0 Å². The highest BCUT2D eigenvalue weighted by Crippen LogP contribution is 2.11. The molecule has 11 heavy (non-hydrogen) atoms. The molecule has 1 aromatic heterocycles. The van der Waals surface area contributed by atoms with E-state index in [9.17, 15) is 5.11 Å². The molecule has 2 N–H and O–H groups in total. The Morgan fingerprint density at radius 1 is 1.64 bits per heavy atom. The molecule has 60 valence electrons. The van der Waals surface area contributed by atoms with Crippen molar-refractivity contribution >= 4 is 0 Å². The zero-order valence-electron chi connectivity index (χ0n) is 6.70. The SMILES string of the molecule is CNC(O)c1cccnc1C. The van der Waals surface area contributed by atoms with Crippen LogP contribution in [0.1, 0.15) is 17.5 Å². The van der Waals surface area contributed by atoms with E-state index in [1.807, 2.05) is 19.1 Å². The van der Waals surface area contributed by atoms with Gasteiger partial charge < -0.3 is 5.11 Å². The smallest absolute Gasteiger partial charge is 0.132 e. The Kier molecular flexibility index (Phi) is 2.57. The van der Waals surface area contributed by atoms with Gasteiger partial charge in [-0.2, -0.15) is 0 Å². The molecule has 1 unspecified atom stereocenters. The Bertz CT molecular complexity index is 237. The third kappa shape index (κ3) is 1.76. The van der Waals surface area contributed by atoms with Gasteiger partial charge in [-0.3, -0.25) is 10.3 Å². The summed E-state index contributed by atoms with van der Waals surface area (Å²) in [4.78, 5) is 4.05. The summed E-state index contributed by atoms with van der Waals surface area (Å²) >= 11 is 0. The molecule has 0 aromatic carbocycles. The summed E-state index contributed by atoms with van der Waals surface area (Å²) in [7, 11) is 1.71. The summed E-state index contributed by atoms with van der Waals surface area (Å²) in [5.74, 6) is 0. The number of aryl methyl sites for hydroxylation is 1. The summed E-state index contributed by atoms with van der Waals surface area (Å²) in [5.41, 5.74) is 1.68. The molecule has 0 aliphatic carbocycles. The minimum absolute atomic E-state index is 0.608. The van der Waals surface area contributed by atoms with Crippen LogP contribution in [0.2, 0.25) is 0 Å². The maximum absolute atomic E-state index is 9.36. The van der Waals surface area contributed by atoms with Gasteiger partial charge in [-0.1, -0.05) is 6.07 Å². The number of nitrogens with zero attached hydrogens (tertiary/aromatic N) is 1. The lowest BCUT2D eigenvalue weighted by Crippen LogP contribution is -2.16. The van der Waals surface area contributed by atoms with Crippen molar-refractivity contribution in [2.45, 2.75) is 13.2 Å². The molecule has 0 aliphatic heterocycles. The number of aliphatic hydroxyl groups excluding tert-OH is 1. The van der Waals surface area contributed by atoms with Gasteiger partial charge >= 0.3 is 0 Å². The first-order chi connectivity index (χ1) is 5.25. The van der Waals surface area contributed by atoms with Crippen molar-refractivity contribution in [3.05, 3.63) is 29.6 Å². The van der Waals surface area contributed by atoms with Gasteiger partial charge in [-0.25, -0.2) is 0 Å². The molecule has 3 nitrogen and oxygen atoms in total. The number of pyridine rings is 1. The Hall–Kier alpha value is -0.930. The molecule has 0 saturated heterocycles. The Balaban J connectivity index is 2.93. The summed E-state index contributed by atoms with van der Waals surface area (Å²) in [5, 5.41) is 12.1. The van der Waals surface area contributed by atoms with Gasteiger partial charge in [0.2, 0.25) is 0 Å². The summed E-state index contributed by atoms with van der Waals surface area (Å²) in [6.45, 7) is 1.87. The van der Waals surface area contributed by atoms with Crippen LogP contribution in [0, 0.1) is 6.92 Å². The van der Waals surface area contributed by atoms with Crippen LogP contribution in [0.3, 0.4) is 0 Å². The fraction of sp³-hybridized carbons (Fsp3) is 0.375. The first-order valence-electron chi connectivity index (χ1n) is 3.52. The molecule has 0 bridgehead atoms. The second-order valence-corrected chi connectivity index (χ2v) is 2.37. The van der Waals surface area contributed by atoms with Crippen molar-refractivity contribution in [1.82, 2.24) is 10.3 Å². The van der Waals surface area contributed by atoms with Gasteiger partial charge in [0.05, 0.1) is 0 Å². The molecule has 0 aliphatic rings. The number of hydrogen-bond donors (Lipinski definition) is 2. The maximum atomic E-state index is 9.36. The average Bonchev–Trinajstić information content (AvgIpc) is 2.04. The fourth-order valence-corrected chi connectivity index (χ4v) is 0.941. The van der Waals surface area contributed by atoms with Gasteiger partial charge in [-0.15, -0.1) is 0 Å².